The zero-order chi connectivity index (χ0) is 18.6. The van der Waals surface area contributed by atoms with E-state index in [1.54, 1.807) is 6.08 Å². The first kappa shape index (κ1) is 19.2. The molecule has 1 fully saturated rings. The number of aliphatic carboxylic acids is 1. The number of aliphatic hydroxyl groups is 1. The van der Waals surface area contributed by atoms with Gasteiger partial charge in [0.1, 0.15) is 0 Å². The van der Waals surface area contributed by atoms with E-state index >= 15 is 0 Å². The molecule has 0 saturated carbocycles. The van der Waals surface area contributed by atoms with Gasteiger partial charge in [0.05, 0.1) is 5.92 Å². The largest absolute Gasteiger partial charge is 0.478 e. The van der Waals surface area contributed by atoms with Crippen LogP contribution < -0.4 is 0 Å². The summed E-state index contributed by atoms with van der Waals surface area (Å²) in [5.74, 6) is -4.27. The Morgan fingerprint density at radius 1 is 1.20 bits per heavy atom. The van der Waals surface area contributed by atoms with Gasteiger partial charge in [-0.3, -0.25) is 0 Å². The van der Waals surface area contributed by atoms with Crippen molar-refractivity contribution in [2.75, 3.05) is 0 Å². The Labute approximate surface area is 148 Å². The van der Waals surface area contributed by atoms with Crippen molar-refractivity contribution in [2.24, 2.45) is 5.92 Å². The highest BCUT2D eigenvalue weighted by atomic mass is 16.7. The van der Waals surface area contributed by atoms with Gasteiger partial charge < -0.3 is 14.9 Å². The Morgan fingerprint density at radius 2 is 1.80 bits per heavy atom. The van der Waals surface area contributed by atoms with Gasteiger partial charge in [-0.15, -0.1) is 0 Å². The molecule has 5 heteroatoms. The fraction of sp³-hybridized carbons (Fsp3) is 0.500. The van der Waals surface area contributed by atoms with Gasteiger partial charge in [-0.05, 0) is 46.0 Å². The molecule has 1 heterocycles. The van der Waals surface area contributed by atoms with E-state index < -0.39 is 23.6 Å². The molecule has 136 valence electrons. The van der Waals surface area contributed by atoms with Crippen molar-refractivity contribution in [3.05, 3.63) is 47.1 Å². The first-order valence-electron chi connectivity index (χ1n) is 8.61. The van der Waals surface area contributed by atoms with E-state index in [0.29, 0.717) is 12.8 Å². The van der Waals surface area contributed by atoms with Crippen LogP contribution in [0.3, 0.4) is 0 Å². The van der Waals surface area contributed by atoms with Crippen LogP contribution in [0.15, 0.2) is 47.1 Å². The molecule has 0 amide bonds. The highest BCUT2D eigenvalue weighted by molar-refractivity contribution is 5.92. The molecule has 1 saturated heterocycles. The molecule has 2 unspecified atom stereocenters. The minimum Gasteiger partial charge on any atom is -0.478 e. The summed E-state index contributed by atoms with van der Waals surface area (Å²) < 4.78 is 5.13. The quantitative estimate of drug-likeness (QED) is 0.430. The van der Waals surface area contributed by atoms with Crippen molar-refractivity contribution >= 4 is 11.9 Å². The first-order valence-corrected chi connectivity index (χ1v) is 8.61. The maximum atomic E-state index is 11.9. The Balaban J connectivity index is 2.38. The van der Waals surface area contributed by atoms with Gasteiger partial charge in [0.15, 0.2) is 0 Å². The lowest BCUT2D eigenvalue weighted by atomic mass is 9.85. The molecule has 2 atom stereocenters. The Morgan fingerprint density at radius 3 is 2.44 bits per heavy atom. The molecule has 0 aromatic heterocycles. The zero-order valence-corrected chi connectivity index (χ0v) is 14.9. The number of carbonyl (C=O) groups is 2. The van der Waals surface area contributed by atoms with Gasteiger partial charge in [-0.25, -0.2) is 9.59 Å². The lowest BCUT2D eigenvalue weighted by molar-refractivity contribution is -0.201. The van der Waals surface area contributed by atoms with Gasteiger partial charge in [0.2, 0.25) is 5.79 Å². The second-order valence-electron chi connectivity index (χ2n) is 6.94. The van der Waals surface area contributed by atoms with Crippen LogP contribution in [0.4, 0.5) is 0 Å². The number of allylic oxidation sites excluding steroid dienone is 5. The molecular formula is C20H26O5. The van der Waals surface area contributed by atoms with Crippen molar-refractivity contribution in [3.8, 4) is 0 Å². The maximum absolute atomic E-state index is 11.9. The van der Waals surface area contributed by atoms with Crippen LogP contribution in [0.2, 0.25) is 0 Å². The summed E-state index contributed by atoms with van der Waals surface area (Å²) in [4.78, 5) is 23.5. The number of carbonyl (C=O) groups excluding carboxylic acids is 1. The van der Waals surface area contributed by atoms with E-state index in [1.165, 1.54) is 5.57 Å². The number of fused-ring (bicyclic) bond motifs is 1. The lowest BCUT2D eigenvalue weighted by Gasteiger charge is -2.27. The van der Waals surface area contributed by atoms with Gasteiger partial charge >= 0.3 is 11.9 Å². The summed E-state index contributed by atoms with van der Waals surface area (Å²) in [6.45, 7) is 7.78. The summed E-state index contributed by atoms with van der Waals surface area (Å²) in [7, 11) is 0. The monoisotopic (exact) mass is 346 g/mol. The maximum Gasteiger partial charge on any atom is 0.336 e. The van der Waals surface area contributed by atoms with Crippen LogP contribution >= 0.6 is 0 Å². The molecule has 0 radical (unpaired) electrons. The Kier molecular flexibility index (Phi) is 6.01. The second kappa shape index (κ2) is 7.83. The fourth-order valence-corrected chi connectivity index (χ4v) is 3.25. The topological polar surface area (TPSA) is 83.8 Å². The van der Waals surface area contributed by atoms with Crippen molar-refractivity contribution in [3.63, 3.8) is 0 Å². The second-order valence-corrected chi connectivity index (χ2v) is 6.94. The summed E-state index contributed by atoms with van der Waals surface area (Å²) in [6.07, 6.45) is 9.04. The number of rotatable bonds is 1. The molecule has 2 aliphatic rings. The number of esters is 1. The predicted octanol–water partition coefficient (Wildman–Crippen LogP) is 3.66. The van der Waals surface area contributed by atoms with Crippen LogP contribution in [0.5, 0.6) is 0 Å². The van der Waals surface area contributed by atoms with Crippen molar-refractivity contribution < 1.29 is 24.5 Å². The first-order chi connectivity index (χ1) is 11.7. The smallest absolute Gasteiger partial charge is 0.336 e. The third kappa shape index (κ3) is 4.69. The number of carboxylic acid groups (broad SMARTS) is 1. The molecule has 1 aliphatic heterocycles. The zero-order valence-electron chi connectivity index (χ0n) is 14.9. The summed E-state index contributed by atoms with van der Waals surface area (Å²) in [6, 6.07) is 0. The minimum atomic E-state index is -1.86. The molecule has 2 rings (SSSR count). The number of carboxylic acids is 1. The van der Waals surface area contributed by atoms with Crippen molar-refractivity contribution in [1.29, 1.82) is 0 Å². The van der Waals surface area contributed by atoms with Crippen LogP contribution in [0.25, 0.3) is 0 Å². The molecule has 0 spiro atoms. The van der Waals surface area contributed by atoms with Gasteiger partial charge in [0, 0.05) is 17.6 Å². The van der Waals surface area contributed by atoms with Crippen molar-refractivity contribution in [2.45, 2.75) is 58.2 Å². The third-order valence-electron chi connectivity index (χ3n) is 4.88. The average molecular weight is 346 g/mol. The van der Waals surface area contributed by atoms with Crippen LogP contribution in [0.1, 0.15) is 52.4 Å². The summed E-state index contributed by atoms with van der Waals surface area (Å²) in [5.41, 5.74) is 2.62. The average Bonchev–Trinajstić information content (AvgIpc) is 2.73. The number of ether oxygens (including phenoxy) is 1. The van der Waals surface area contributed by atoms with Crippen LogP contribution in [0, 0.1) is 5.92 Å². The predicted molar refractivity (Wildman–Crippen MR) is 94.6 cm³/mol. The molecule has 0 aromatic rings. The van der Waals surface area contributed by atoms with E-state index in [0.717, 1.165) is 24.8 Å². The highest BCUT2D eigenvalue weighted by Crippen LogP contribution is 2.41. The Hall–Kier alpha value is -2.14. The van der Waals surface area contributed by atoms with Crippen LogP contribution in [-0.2, 0) is 14.3 Å². The fourth-order valence-electron chi connectivity index (χ4n) is 3.25. The highest BCUT2D eigenvalue weighted by Gasteiger charge is 2.51. The van der Waals surface area contributed by atoms with Gasteiger partial charge in [0.25, 0.3) is 0 Å². The van der Waals surface area contributed by atoms with E-state index in [4.69, 9.17) is 4.74 Å². The van der Waals surface area contributed by atoms with Gasteiger partial charge in [-0.1, -0.05) is 36.0 Å². The molecule has 2 N–H and O–H groups in total. The lowest BCUT2D eigenvalue weighted by Crippen LogP contribution is -2.37. The standard InChI is InChI=1S/C20H26O5/c1-13-6-4-7-14(2)10-11-17-15(3)19(23)25-20(17,24)12-16(18(21)22)9-5-8-13/h6,9-10,17,24H,3-5,7-8,11-12H2,1-2H3,(H,21,22). The van der Waals surface area contributed by atoms with E-state index in [-0.39, 0.29) is 17.6 Å². The van der Waals surface area contributed by atoms with Crippen LogP contribution in [-0.4, -0.2) is 27.9 Å². The molecular weight excluding hydrogens is 320 g/mol. The molecule has 0 bridgehead atoms. The van der Waals surface area contributed by atoms with E-state index in [1.807, 2.05) is 19.9 Å². The summed E-state index contributed by atoms with van der Waals surface area (Å²) in [5, 5.41) is 20.3. The number of hydrogen-bond acceptors (Lipinski definition) is 4. The Bertz CT molecular complexity index is 668. The molecule has 25 heavy (non-hydrogen) atoms. The van der Waals surface area contributed by atoms with E-state index in [9.17, 15) is 19.8 Å². The van der Waals surface area contributed by atoms with E-state index in [2.05, 4.69) is 12.7 Å². The normalized spacial score (nSPS) is 28.9. The third-order valence-corrected chi connectivity index (χ3v) is 4.88. The number of hydrogen-bond donors (Lipinski definition) is 2. The van der Waals surface area contributed by atoms with Crippen molar-refractivity contribution in [1.82, 2.24) is 0 Å². The minimum absolute atomic E-state index is 0.0561. The van der Waals surface area contributed by atoms with Gasteiger partial charge in [-0.2, -0.15) is 0 Å². The molecule has 0 aromatic carbocycles. The SMILES string of the molecule is C=C1C(=O)OC2(O)CC(C(=O)O)=CCCC(C)=CCCC(C)=CCC12. The molecule has 1 aliphatic carbocycles. The summed E-state index contributed by atoms with van der Waals surface area (Å²) >= 11 is 0. The molecule has 5 nitrogen and oxygen atoms in total.